The number of hydrogen-bond acceptors (Lipinski definition) is 5. The maximum atomic E-state index is 12.2. The summed E-state index contributed by atoms with van der Waals surface area (Å²) in [5.74, 6) is -0.481. The van der Waals surface area contributed by atoms with Gasteiger partial charge >= 0.3 is 5.97 Å². The van der Waals surface area contributed by atoms with Crippen LogP contribution in [-0.2, 0) is 4.74 Å². The van der Waals surface area contributed by atoms with Crippen molar-refractivity contribution < 1.29 is 9.53 Å². The van der Waals surface area contributed by atoms with Crippen molar-refractivity contribution in [3.63, 3.8) is 0 Å². The smallest absolute Gasteiger partial charge is 0.344 e. The number of nitrogen functional groups attached to an aromatic ring is 1. The maximum absolute atomic E-state index is 12.2. The van der Waals surface area contributed by atoms with Crippen LogP contribution < -0.4 is 5.73 Å². The zero-order chi connectivity index (χ0) is 14.9. The second-order valence-electron chi connectivity index (χ2n) is 5.27. The number of rotatable bonds is 2. The van der Waals surface area contributed by atoms with Crippen molar-refractivity contribution >= 4 is 34.7 Å². The lowest BCUT2D eigenvalue weighted by atomic mass is 10.2. The summed E-state index contributed by atoms with van der Waals surface area (Å²) in [6.07, 6.45) is 0. The van der Waals surface area contributed by atoms with Crippen LogP contribution in [0.1, 0.15) is 31.1 Å². The summed E-state index contributed by atoms with van der Waals surface area (Å²) in [6.45, 7) is 5.42. The molecule has 1 aromatic carbocycles. The Kier molecular flexibility index (Phi) is 3.96. The average Bonchev–Trinajstić information content (AvgIpc) is 2.64. The molecule has 106 valence electrons. The molecule has 0 aliphatic heterocycles. The van der Waals surface area contributed by atoms with Gasteiger partial charge in [-0.05, 0) is 44.4 Å². The van der Waals surface area contributed by atoms with Crippen LogP contribution >= 0.6 is 23.8 Å². The Morgan fingerprint density at radius 3 is 2.45 bits per heavy atom. The average molecular weight is 308 g/mol. The SMILES string of the molecule is CC(C)(C)OC(=O)c1c(N)sn(-c2ccccc2)c1=S. The van der Waals surface area contributed by atoms with Crippen molar-refractivity contribution in [3.05, 3.63) is 40.5 Å². The molecule has 0 bridgehead atoms. The first-order valence-corrected chi connectivity index (χ1v) is 7.28. The van der Waals surface area contributed by atoms with Gasteiger partial charge in [-0.3, -0.25) is 3.96 Å². The molecule has 0 atom stereocenters. The van der Waals surface area contributed by atoms with Crippen LogP contribution in [0.25, 0.3) is 5.69 Å². The highest BCUT2D eigenvalue weighted by molar-refractivity contribution is 7.71. The highest BCUT2D eigenvalue weighted by Crippen LogP contribution is 2.27. The Balaban J connectivity index is 2.45. The van der Waals surface area contributed by atoms with Gasteiger partial charge < -0.3 is 10.5 Å². The first-order valence-electron chi connectivity index (χ1n) is 6.10. The molecule has 0 unspecified atom stereocenters. The molecule has 2 N–H and O–H groups in total. The number of benzene rings is 1. The van der Waals surface area contributed by atoms with E-state index >= 15 is 0 Å². The van der Waals surface area contributed by atoms with Gasteiger partial charge in [-0.15, -0.1) is 0 Å². The van der Waals surface area contributed by atoms with E-state index in [1.54, 1.807) is 3.96 Å². The van der Waals surface area contributed by atoms with Crippen LogP contribution in [0.15, 0.2) is 30.3 Å². The Labute approximate surface area is 126 Å². The van der Waals surface area contributed by atoms with Gasteiger partial charge in [-0.1, -0.05) is 30.4 Å². The van der Waals surface area contributed by atoms with Crippen LogP contribution in [0.5, 0.6) is 0 Å². The fourth-order valence-electron chi connectivity index (χ4n) is 1.64. The predicted molar refractivity (Wildman–Crippen MR) is 84.1 cm³/mol. The third-order valence-corrected chi connectivity index (χ3v) is 3.91. The normalized spacial score (nSPS) is 11.3. The van der Waals surface area contributed by atoms with E-state index in [2.05, 4.69) is 0 Å². The minimum Gasteiger partial charge on any atom is -0.456 e. The lowest BCUT2D eigenvalue weighted by Crippen LogP contribution is -2.24. The lowest BCUT2D eigenvalue weighted by molar-refractivity contribution is 0.00703. The van der Waals surface area contributed by atoms with Crippen molar-refractivity contribution in [2.24, 2.45) is 0 Å². The number of hydrogen-bond donors (Lipinski definition) is 1. The van der Waals surface area contributed by atoms with Gasteiger partial charge in [0.1, 0.15) is 20.8 Å². The zero-order valence-electron chi connectivity index (χ0n) is 11.5. The standard InChI is InChI=1S/C14H16N2O2S2/c1-14(2,3)18-13(17)10-11(15)20-16(12(10)19)9-7-5-4-6-8-9/h4-8H,15H2,1-3H3. The molecule has 20 heavy (non-hydrogen) atoms. The fraction of sp³-hybridized carbons (Fsp3) is 0.286. The lowest BCUT2D eigenvalue weighted by Gasteiger charge is -2.19. The summed E-state index contributed by atoms with van der Waals surface area (Å²) in [6, 6.07) is 9.54. The highest BCUT2D eigenvalue weighted by Gasteiger charge is 2.24. The van der Waals surface area contributed by atoms with E-state index in [1.165, 1.54) is 11.5 Å². The number of nitrogens with two attached hydrogens (primary N) is 1. The fourth-order valence-corrected chi connectivity index (χ4v) is 2.99. The zero-order valence-corrected chi connectivity index (χ0v) is 13.2. The van der Waals surface area contributed by atoms with Gasteiger partial charge in [0, 0.05) is 0 Å². The Morgan fingerprint density at radius 1 is 1.30 bits per heavy atom. The Hall–Kier alpha value is -1.66. The molecule has 1 aromatic heterocycles. The van der Waals surface area contributed by atoms with Gasteiger partial charge in [0.25, 0.3) is 0 Å². The van der Waals surface area contributed by atoms with E-state index in [9.17, 15) is 4.79 Å². The van der Waals surface area contributed by atoms with E-state index in [-0.39, 0.29) is 5.56 Å². The molecule has 0 aliphatic rings. The molecule has 4 nitrogen and oxygen atoms in total. The molecular formula is C14H16N2O2S2. The van der Waals surface area contributed by atoms with Crippen molar-refractivity contribution in [1.29, 1.82) is 0 Å². The summed E-state index contributed by atoms with van der Waals surface area (Å²) in [5, 5.41) is 0.369. The largest absolute Gasteiger partial charge is 0.456 e. The molecule has 0 saturated carbocycles. The van der Waals surface area contributed by atoms with Gasteiger partial charge in [0.2, 0.25) is 0 Å². The monoisotopic (exact) mass is 308 g/mol. The minimum atomic E-state index is -0.579. The summed E-state index contributed by atoms with van der Waals surface area (Å²) < 4.78 is 7.48. The molecule has 6 heteroatoms. The molecule has 2 aromatic rings. The van der Waals surface area contributed by atoms with Crippen molar-refractivity contribution in [1.82, 2.24) is 3.96 Å². The number of esters is 1. The highest BCUT2D eigenvalue weighted by atomic mass is 32.1. The quantitative estimate of drug-likeness (QED) is 0.677. The Bertz CT molecular complexity index is 681. The number of nitrogens with zero attached hydrogens (tertiary/aromatic N) is 1. The van der Waals surface area contributed by atoms with Crippen molar-refractivity contribution in [2.45, 2.75) is 26.4 Å². The van der Waals surface area contributed by atoms with E-state index in [0.717, 1.165) is 5.69 Å². The number of ether oxygens (including phenoxy) is 1. The molecule has 1 heterocycles. The van der Waals surface area contributed by atoms with Crippen LogP contribution in [0, 0.1) is 4.64 Å². The number of para-hydroxylation sites is 1. The van der Waals surface area contributed by atoms with Gasteiger partial charge in [-0.25, -0.2) is 4.79 Å². The van der Waals surface area contributed by atoms with Gasteiger partial charge in [0.05, 0.1) is 5.69 Å². The number of carbonyl (C=O) groups is 1. The molecule has 0 spiro atoms. The third kappa shape index (κ3) is 3.08. The topological polar surface area (TPSA) is 57.2 Å². The van der Waals surface area contributed by atoms with E-state index < -0.39 is 11.6 Å². The molecule has 0 aliphatic carbocycles. The van der Waals surface area contributed by atoms with E-state index in [4.69, 9.17) is 22.7 Å². The molecule has 0 fully saturated rings. The second-order valence-corrected chi connectivity index (χ2v) is 6.64. The number of carbonyl (C=O) groups excluding carboxylic acids is 1. The summed E-state index contributed by atoms with van der Waals surface area (Å²) in [4.78, 5) is 12.2. The van der Waals surface area contributed by atoms with Crippen LogP contribution in [0.4, 0.5) is 5.00 Å². The predicted octanol–water partition coefficient (Wildman–Crippen LogP) is 3.81. The van der Waals surface area contributed by atoms with E-state index in [0.29, 0.717) is 9.64 Å². The van der Waals surface area contributed by atoms with Crippen molar-refractivity contribution in [2.75, 3.05) is 5.73 Å². The van der Waals surface area contributed by atoms with Crippen LogP contribution in [-0.4, -0.2) is 15.5 Å². The first-order chi connectivity index (χ1) is 9.29. The maximum Gasteiger partial charge on any atom is 0.344 e. The summed E-state index contributed by atoms with van der Waals surface area (Å²) in [7, 11) is 0. The number of anilines is 1. The minimum absolute atomic E-state index is 0.267. The second kappa shape index (κ2) is 5.38. The van der Waals surface area contributed by atoms with Crippen LogP contribution in [0.2, 0.25) is 0 Å². The van der Waals surface area contributed by atoms with Gasteiger partial charge in [0.15, 0.2) is 0 Å². The summed E-state index contributed by atoms with van der Waals surface area (Å²) >= 11 is 6.59. The molecule has 2 rings (SSSR count). The number of aromatic nitrogens is 1. The molecule has 0 radical (unpaired) electrons. The molecule has 0 saturated heterocycles. The first kappa shape index (κ1) is 14.7. The van der Waals surface area contributed by atoms with E-state index in [1.807, 2.05) is 51.1 Å². The molecular weight excluding hydrogens is 292 g/mol. The summed E-state index contributed by atoms with van der Waals surface area (Å²) in [5.41, 5.74) is 6.50. The van der Waals surface area contributed by atoms with Crippen molar-refractivity contribution in [3.8, 4) is 5.69 Å². The van der Waals surface area contributed by atoms with Gasteiger partial charge in [-0.2, -0.15) is 0 Å². The third-order valence-electron chi connectivity index (χ3n) is 2.43. The van der Waals surface area contributed by atoms with Crippen LogP contribution in [0.3, 0.4) is 0 Å². The molecule has 0 amide bonds. The Morgan fingerprint density at radius 2 is 1.90 bits per heavy atom.